The molecule has 0 aromatic carbocycles. The van der Waals surface area contributed by atoms with Crippen molar-refractivity contribution in [1.29, 1.82) is 0 Å². The number of halogens is 1. The van der Waals surface area contributed by atoms with Gasteiger partial charge in [0.2, 0.25) is 11.7 Å². The Balaban J connectivity index is 1.47. The molecule has 0 saturated carbocycles. The third-order valence-electron chi connectivity index (χ3n) is 5.79. The molecule has 1 amide bonds. The van der Waals surface area contributed by atoms with Gasteiger partial charge in [0.1, 0.15) is 11.3 Å². The summed E-state index contributed by atoms with van der Waals surface area (Å²) in [7, 11) is 0. The summed E-state index contributed by atoms with van der Waals surface area (Å²) in [6.07, 6.45) is 8.88. The van der Waals surface area contributed by atoms with Crippen LogP contribution in [0.25, 0.3) is 11.4 Å². The standard InChI is InChI=1S/C23H26FN7O3/c1-13(2)34-21-16(20(32)27-17-8-26-31-9-15(24)7-25-19(17)31)10-30-11-18(28-22(30)29-21)14-5-6-23(3,4)33-12-14/h7-11,13-14H,5-6,12H2,1-4H3,(H,27,32). The van der Waals surface area contributed by atoms with Crippen LogP contribution in [-0.4, -0.2) is 53.2 Å². The number of aromatic nitrogens is 6. The predicted octanol–water partition coefficient (Wildman–Crippen LogP) is 3.62. The van der Waals surface area contributed by atoms with E-state index in [1.807, 2.05) is 20.0 Å². The number of anilines is 1. The molecule has 1 unspecified atom stereocenters. The molecule has 1 aliphatic heterocycles. The maximum absolute atomic E-state index is 13.4. The minimum absolute atomic E-state index is 0.129. The molecule has 1 aliphatic rings. The molecule has 1 saturated heterocycles. The molecule has 0 radical (unpaired) electrons. The second-order valence-electron chi connectivity index (χ2n) is 9.36. The van der Waals surface area contributed by atoms with Crippen molar-refractivity contribution in [2.45, 2.75) is 58.2 Å². The van der Waals surface area contributed by atoms with Crippen LogP contribution in [0, 0.1) is 5.82 Å². The smallest absolute Gasteiger partial charge is 0.262 e. The number of fused-ring (bicyclic) bond motifs is 2. The van der Waals surface area contributed by atoms with Crippen molar-refractivity contribution in [2.24, 2.45) is 0 Å². The molecule has 0 spiro atoms. The first-order valence-corrected chi connectivity index (χ1v) is 11.2. The number of nitrogens with zero attached hydrogens (tertiary/aromatic N) is 6. The normalized spacial score (nSPS) is 18.0. The Labute approximate surface area is 195 Å². The average Bonchev–Trinajstić information content (AvgIpc) is 3.36. The van der Waals surface area contributed by atoms with Crippen molar-refractivity contribution >= 4 is 23.0 Å². The van der Waals surface area contributed by atoms with Crippen LogP contribution in [0.4, 0.5) is 10.1 Å². The Morgan fingerprint density at radius 3 is 2.82 bits per heavy atom. The lowest BCUT2D eigenvalue weighted by Gasteiger charge is -2.34. The molecule has 1 atom stereocenters. The van der Waals surface area contributed by atoms with Crippen molar-refractivity contribution in [3.8, 4) is 5.88 Å². The van der Waals surface area contributed by atoms with Crippen LogP contribution in [0.15, 0.2) is 31.0 Å². The van der Waals surface area contributed by atoms with Gasteiger partial charge < -0.3 is 14.8 Å². The first-order valence-electron chi connectivity index (χ1n) is 11.2. The van der Waals surface area contributed by atoms with Crippen molar-refractivity contribution in [1.82, 2.24) is 29.0 Å². The van der Waals surface area contributed by atoms with Crippen LogP contribution < -0.4 is 10.1 Å². The van der Waals surface area contributed by atoms with Crippen LogP contribution in [0.1, 0.15) is 62.5 Å². The van der Waals surface area contributed by atoms with Crippen LogP contribution in [0.2, 0.25) is 0 Å². The van der Waals surface area contributed by atoms with Crippen molar-refractivity contribution < 1.29 is 18.7 Å². The van der Waals surface area contributed by atoms with Gasteiger partial charge in [0.15, 0.2) is 11.5 Å². The summed E-state index contributed by atoms with van der Waals surface area (Å²) < 4.78 is 28.2. The molecule has 178 valence electrons. The largest absolute Gasteiger partial charge is 0.474 e. The fourth-order valence-electron chi connectivity index (χ4n) is 3.96. The number of rotatable bonds is 5. The molecular weight excluding hydrogens is 441 g/mol. The minimum Gasteiger partial charge on any atom is -0.474 e. The zero-order valence-electron chi connectivity index (χ0n) is 19.4. The lowest BCUT2D eigenvalue weighted by Crippen LogP contribution is -2.32. The van der Waals surface area contributed by atoms with Gasteiger partial charge >= 0.3 is 0 Å². The number of hydrogen-bond donors (Lipinski definition) is 1. The van der Waals surface area contributed by atoms with E-state index in [2.05, 4.69) is 39.2 Å². The molecule has 4 aromatic rings. The highest BCUT2D eigenvalue weighted by atomic mass is 19.1. The zero-order valence-corrected chi connectivity index (χ0v) is 19.4. The summed E-state index contributed by atoms with van der Waals surface area (Å²) in [5.74, 6) is -0.205. The van der Waals surface area contributed by atoms with Crippen molar-refractivity contribution in [3.63, 3.8) is 0 Å². The quantitative estimate of drug-likeness (QED) is 0.478. The van der Waals surface area contributed by atoms with E-state index < -0.39 is 11.7 Å². The second kappa shape index (κ2) is 8.32. The van der Waals surface area contributed by atoms with Gasteiger partial charge in [0.25, 0.3) is 5.91 Å². The fraction of sp³-hybridized carbons (Fsp3) is 0.435. The van der Waals surface area contributed by atoms with E-state index in [-0.39, 0.29) is 29.1 Å². The van der Waals surface area contributed by atoms with Crippen LogP contribution in [0.5, 0.6) is 5.88 Å². The number of nitrogens with one attached hydrogen (secondary N) is 1. The Kier molecular flexibility index (Phi) is 5.43. The molecule has 0 aliphatic carbocycles. The Bertz CT molecular complexity index is 1370. The summed E-state index contributed by atoms with van der Waals surface area (Å²) >= 11 is 0. The molecule has 10 nitrogen and oxygen atoms in total. The summed E-state index contributed by atoms with van der Waals surface area (Å²) in [4.78, 5) is 26.4. The topological polar surface area (TPSA) is 108 Å². The van der Waals surface area contributed by atoms with E-state index in [9.17, 15) is 9.18 Å². The number of hydrogen-bond acceptors (Lipinski definition) is 7. The summed E-state index contributed by atoms with van der Waals surface area (Å²) in [5.41, 5.74) is 1.63. The van der Waals surface area contributed by atoms with E-state index in [1.165, 1.54) is 16.9 Å². The Hall–Kier alpha value is -3.60. The average molecular weight is 468 g/mol. The van der Waals surface area contributed by atoms with Crippen molar-refractivity contribution in [3.05, 3.63) is 48.1 Å². The van der Waals surface area contributed by atoms with Gasteiger partial charge in [-0.1, -0.05) is 0 Å². The molecule has 34 heavy (non-hydrogen) atoms. The molecule has 0 bridgehead atoms. The van der Waals surface area contributed by atoms with Gasteiger partial charge in [-0.05, 0) is 40.5 Å². The van der Waals surface area contributed by atoms with Gasteiger partial charge in [-0.15, -0.1) is 0 Å². The summed E-state index contributed by atoms with van der Waals surface area (Å²) in [6.45, 7) is 8.47. The second-order valence-corrected chi connectivity index (χ2v) is 9.36. The number of ether oxygens (including phenoxy) is 2. The lowest BCUT2D eigenvalue weighted by atomic mass is 9.90. The molecule has 1 N–H and O–H groups in total. The first kappa shape index (κ1) is 22.2. The number of amides is 1. The van der Waals surface area contributed by atoms with E-state index in [0.717, 1.165) is 24.7 Å². The van der Waals surface area contributed by atoms with Crippen LogP contribution in [-0.2, 0) is 4.74 Å². The highest BCUT2D eigenvalue weighted by Gasteiger charge is 2.30. The molecular formula is C23H26FN7O3. The summed E-state index contributed by atoms with van der Waals surface area (Å²) in [5, 5.41) is 6.81. The van der Waals surface area contributed by atoms with Gasteiger partial charge in [-0.25, -0.2) is 18.9 Å². The maximum Gasteiger partial charge on any atom is 0.262 e. The Morgan fingerprint density at radius 2 is 2.09 bits per heavy atom. The summed E-state index contributed by atoms with van der Waals surface area (Å²) in [6, 6.07) is 0. The highest BCUT2D eigenvalue weighted by Crippen LogP contribution is 2.33. The van der Waals surface area contributed by atoms with E-state index in [4.69, 9.17) is 9.47 Å². The van der Waals surface area contributed by atoms with E-state index >= 15 is 0 Å². The molecule has 5 heterocycles. The third-order valence-corrected chi connectivity index (χ3v) is 5.79. The van der Waals surface area contributed by atoms with E-state index in [1.54, 1.807) is 10.6 Å². The number of imidazole rings is 1. The van der Waals surface area contributed by atoms with Crippen LogP contribution >= 0.6 is 0 Å². The minimum atomic E-state index is -0.529. The number of carbonyl (C=O) groups is 1. The van der Waals surface area contributed by atoms with Gasteiger partial charge in [-0.2, -0.15) is 10.1 Å². The maximum atomic E-state index is 13.4. The van der Waals surface area contributed by atoms with Crippen LogP contribution in [0.3, 0.4) is 0 Å². The van der Waals surface area contributed by atoms with Gasteiger partial charge in [0, 0.05) is 18.3 Å². The fourth-order valence-corrected chi connectivity index (χ4v) is 3.96. The molecule has 1 fully saturated rings. The first-order chi connectivity index (χ1) is 16.2. The van der Waals surface area contributed by atoms with E-state index in [0.29, 0.717) is 23.7 Å². The third kappa shape index (κ3) is 4.30. The Morgan fingerprint density at radius 1 is 1.26 bits per heavy atom. The molecule has 4 aromatic heterocycles. The molecule has 11 heteroatoms. The van der Waals surface area contributed by atoms with Gasteiger partial charge in [-0.3, -0.25) is 9.20 Å². The predicted molar refractivity (Wildman–Crippen MR) is 122 cm³/mol. The lowest BCUT2D eigenvalue weighted by molar-refractivity contribution is -0.0615. The monoisotopic (exact) mass is 467 g/mol. The highest BCUT2D eigenvalue weighted by molar-refractivity contribution is 6.07. The zero-order chi connectivity index (χ0) is 24.0. The van der Waals surface area contributed by atoms with Crippen molar-refractivity contribution in [2.75, 3.05) is 11.9 Å². The SMILES string of the molecule is CC(C)Oc1nc2nc(C3CCC(C)(C)OC3)cn2cc1C(=O)Nc1cnn2cc(F)cnc12. The van der Waals surface area contributed by atoms with Gasteiger partial charge in [0.05, 0.1) is 42.6 Å². The number of carbonyl (C=O) groups excluding carboxylic acids is 1. The molecule has 5 rings (SSSR count).